The molecule has 0 saturated carbocycles. The van der Waals surface area contributed by atoms with Crippen molar-refractivity contribution in [1.29, 1.82) is 0 Å². The van der Waals surface area contributed by atoms with Gasteiger partial charge in [0.25, 0.3) is 5.91 Å². The number of carbonyl (C=O) groups is 1. The average Bonchev–Trinajstić information content (AvgIpc) is 2.47. The van der Waals surface area contributed by atoms with Crippen LogP contribution in [0, 0.1) is 5.92 Å². The Kier molecular flexibility index (Phi) is 5.48. The van der Waals surface area contributed by atoms with E-state index in [1.54, 1.807) is 6.07 Å². The smallest absolute Gasteiger partial charge is 0.254 e. The first-order valence-electron chi connectivity index (χ1n) is 7.49. The monoisotopic (exact) mass is 310 g/mol. The van der Waals surface area contributed by atoms with Gasteiger partial charge in [0.1, 0.15) is 5.75 Å². The van der Waals surface area contributed by atoms with Gasteiger partial charge in [-0.1, -0.05) is 11.6 Å². The highest BCUT2D eigenvalue weighted by Crippen LogP contribution is 2.25. The number of hydrogen-bond donors (Lipinski definition) is 2. The van der Waals surface area contributed by atoms with Crippen molar-refractivity contribution in [2.45, 2.75) is 32.7 Å². The largest absolute Gasteiger partial charge is 0.506 e. The molecule has 0 unspecified atom stereocenters. The maximum absolute atomic E-state index is 12.7. The van der Waals surface area contributed by atoms with Crippen LogP contribution in [-0.4, -0.2) is 41.6 Å². The molecule has 0 aromatic heterocycles. The fraction of sp³-hybridized carbons (Fsp3) is 0.562. The molecule has 0 spiro atoms. The van der Waals surface area contributed by atoms with E-state index in [1.165, 1.54) is 12.1 Å². The van der Waals surface area contributed by atoms with Crippen molar-refractivity contribution < 1.29 is 9.90 Å². The summed E-state index contributed by atoms with van der Waals surface area (Å²) in [5.74, 6) is 0.526. The lowest BCUT2D eigenvalue weighted by molar-refractivity contribution is 0.0658. The number of hydrogen-bond acceptors (Lipinski definition) is 3. The van der Waals surface area contributed by atoms with Gasteiger partial charge >= 0.3 is 0 Å². The van der Waals surface area contributed by atoms with E-state index >= 15 is 0 Å². The SMILES string of the molecule is CC(C)N(CC1CCNCC1)C(=O)c1ccc(O)c(Cl)c1. The normalized spacial score (nSPS) is 16.2. The minimum atomic E-state index is -0.0227. The van der Waals surface area contributed by atoms with Gasteiger partial charge in [-0.25, -0.2) is 0 Å². The number of nitrogens with one attached hydrogen (secondary N) is 1. The van der Waals surface area contributed by atoms with E-state index in [4.69, 9.17) is 11.6 Å². The summed E-state index contributed by atoms with van der Waals surface area (Å²) >= 11 is 5.91. The Morgan fingerprint density at radius 2 is 2.10 bits per heavy atom. The van der Waals surface area contributed by atoms with Crippen LogP contribution < -0.4 is 5.32 Å². The fourth-order valence-corrected chi connectivity index (χ4v) is 2.86. The van der Waals surface area contributed by atoms with Crippen molar-refractivity contribution in [1.82, 2.24) is 10.2 Å². The molecule has 0 bridgehead atoms. The number of amides is 1. The summed E-state index contributed by atoms with van der Waals surface area (Å²) in [6.45, 7) is 6.88. The van der Waals surface area contributed by atoms with Crippen molar-refractivity contribution >= 4 is 17.5 Å². The van der Waals surface area contributed by atoms with Gasteiger partial charge in [-0.15, -0.1) is 0 Å². The van der Waals surface area contributed by atoms with Crippen LogP contribution in [0.15, 0.2) is 18.2 Å². The van der Waals surface area contributed by atoms with Crippen molar-refractivity contribution in [3.8, 4) is 5.75 Å². The van der Waals surface area contributed by atoms with Gasteiger partial charge in [0.05, 0.1) is 5.02 Å². The molecule has 0 radical (unpaired) electrons. The average molecular weight is 311 g/mol. The van der Waals surface area contributed by atoms with Crippen LogP contribution in [0.1, 0.15) is 37.0 Å². The van der Waals surface area contributed by atoms with Crippen molar-refractivity contribution in [2.75, 3.05) is 19.6 Å². The molecule has 2 rings (SSSR count). The summed E-state index contributed by atoms with van der Waals surface area (Å²) in [5.41, 5.74) is 0.528. The highest BCUT2D eigenvalue weighted by Gasteiger charge is 2.24. The lowest BCUT2D eigenvalue weighted by Crippen LogP contribution is -2.42. The number of nitrogens with zero attached hydrogens (tertiary/aromatic N) is 1. The maximum atomic E-state index is 12.7. The summed E-state index contributed by atoms with van der Waals surface area (Å²) in [6, 6.07) is 4.77. The van der Waals surface area contributed by atoms with E-state index in [9.17, 15) is 9.90 Å². The van der Waals surface area contributed by atoms with Crippen LogP contribution >= 0.6 is 11.6 Å². The van der Waals surface area contributed by atoms with E-state index in [-0.39, 0.29) is 22.7 Å². The number of rotatable bonds is 4. The van der Waals surface area contributed by atoms with E-state index < -0.39 is 0 Å². The Morgan fingerprint density at radius 1 is 1.43 bits per heavy atom. The van der Waals surface area contributed by atoms with Gasteiger partial charge in [0.15, 0.2) is 0 Å². The number of benzene rings is 1. The number of carbonyl (C=O) groups excluding carboxylic acids is 1. The quantitative estimate of drug-likeness (QED) is 0.899. The molecule has 116 valence electrons. The van der Waals surface area contributed by atoms with Crippen LogP contribution in [0.2, 0.25) is 5.02 Å². The van der Waals surface area contributed by atoms with Gasteiger partial charge < -0.3 is 15.3 Å². The number of piperidine rings is 1. The van der Waals surface area contributed by atoms with Crippen LogP contribution in [-0.2, 0) is 0 Å². The molecule has 1 aliphatic heterocycles. The lowest BCUT2D eigenvalue weighted by atomic mass is 9.96. The topological polar surface area (TPSA) is 52.6 Å². The second-order valence-electron chi connectivity index (χ2n) is 5.91. The van der Waals surface area contributed by atoms with Crippen LogP contribution in [0.3, 0.4) is 0 Å². The molecular weight excluding hydrogens is 288 g/mol. The van der Waals surface area contributed by atoms with E-state index in [1.807, 2.05) is 18.7 Å². The Hall–Kier alpha value is -1.26. The highest BCUT2D eigenvalue weighted by molar-refractivity contribution is 6.32. The number of phenolic OH excluding ortho intramolecular Hbond substituents is 1. The zero-order valence-corrected chi connectivity index (χ0v) is 13.4. The molecule has 1 amide bonds. The third kappa shape index (κ3) is 4.11. The molecule has 0 atom stereocenters. The van der Waals surface area contributed by atoms with Gasteiger partial charge in [-0.3, -0.25) is 4.79 Å². The summed E-state index contributed by atoms with van der Waals surface area (Å²) in [5, 5.41) is 13.0. The Balaban J connectivity index is 2.12. The molecule has 0 aliphatic carbocycles. The zero-order valence-electron chi connectivity index (χ0n) is 12.6. The number of halogens is 1. The molecule has 21 heavy (non-hydrogen) atoms. The Morgan fingerprint density at radius 3 is 2.67 bits per heavy atom. The minimum Gasteiger partial charge on any atom is -0.506 e. The van der Waals surface area contributed by atoms with E-state index in [0.29, 0.717) is 11.5 Å². The summed E-state index contributed by atoms with van der Waals surface area (Å²) < 4.78 is 0. The standard InChI is InChI=1S/C16H23ClN2O2/c1-11(2)19(10-12-5-7-18-8-6-12)16(21)13-3-4-15(20)14(17)9-13/h3-4,9,11-12,18,20H,5-8,10H2,1-2H3. The van der Waals surface area contributed by atoms with Gasteiger partial charge in [0.2, 0.25) is 0 Å². The van der Waals surface area contributed by atoms with Gasteiger partial charge in [0, 0.05) is 18.2 Å². The first-order chi connectivity index (χ1) is 9.99. The third-order valence-corrected chi connectivity index (χ3v) is 4.30. The minimum absolute atomic E-state index is 0.00247. The van der Waals surface area contributed by atoms with Crippen molar-refractivity contribution in [3.63, 3.8) is 0 Å². The first-order valence-corrected chi connectivity index (χ1v) is 7.87. The zero-order chi connectivity index (χ0) is 15.4. The van der Waals surface area contributed by atoms with E-state index in [2.05, 4.69) is 5.32 Å². The van der Waals surface area contributed by atoms with E-state index in [0.717, 1.165) is 32.5 Å². The molecule has 5 heteroatoms. The first kappa shape index (κ1) is 16.1. The number of phenols is 1. The fourth-order valence-electron chi connectivity index (χ4n) is 2.68. The summed E-state index contributed by atoms with van der Waals surface area (Å²) in [4.78, 5) is 14.6. The van der Waals surface area contributed by atoms with Crippen molar-refractivity contribution in [2.24, 2.45) is 5.92 Å². The van der Waals surface area contributed by atoms with Crippen LogP contribution in [0.25, 0.3) is 0 Å². The molecule has 1 aliphatic rings. The lowest BCUT2D eigenvalue weighted by Gasteiger charge is -2.33. The van der Waals surface area contributed by atoms with Crippen LogP contribution in [0.4, 0.5) is 0 Å². The summed E-state index contributed by atoms with van der Waals surface area (Å²) in [7, 11) is 0. The van der Waals surface area contributed by atoms with Crippen molar-refractivity contribution in [3.05, 3.63) is 28.8 Å². The molecular formula is C16H23ClN2O2. The van der Waals surface area contributed by atoms with Gasteiger partial charge in [-0.05, 0) is 63.9 Å². The molecule has 1 aromatic rings. The third-order valence-electron chi connectivity index (χ3n) is 3.99. The molecule has 4 nitrogen and oxygen atoms in total. The maximum Gasteiger partial charge on any atom is 0.254 e. The predicted molar refractivity (Wildman–Crippen MR) is 84.9 cm³/mol. The molecule has 1 heterocycles. The second kappa shape index (κ2) is 7.14. The molecule has 1 aromatic carbocycles. The highest BCUT2D eigenvalue weighted by atomic mass is 35.5. The predicted octanol–water partition coefficient (Wildman–Crippen LogP) is 2.90. The summed E-state index contributed by atoms with van der Waals surface area (Å²) in [6.07, 6.45) is 2.21. The number of aromatic hydroxyl groups is 1. The van der Waals surface area contributed by atoms with Gasteiger partial charge in [-0.2, -0.15) is 0 Å². The molecule has 1 fully saturated rings. The van der Waals surface area contributed by atoms with Crippen LogP contribution in [0.5, 0.6) is 5.75 Å². The Labute approximate surface area is 131 Å². The molecule has 2 N–H and O–H groups in total. The Bertz CT molecular complexity index is 499. The second-order valence-corrected chi connectivity index (χ2v) is 6.32. The molecule has 1 saturated heterocycles.